The van der Waals surface area contributed by atoms with Gasteiger partial charge in [0.15, 0.2) is 11.0 Å². The molecule has 1 amide bonds. The van der Waals surface area contributed by atoms with Gasteiger partial charge in [0.05, 0.1) is 11.4 Å². The van der Waals surface area contributed by atoms with Gasteiger partial charge in [-0.3, -0.25) is 14.3 Å². The van der Waals surface area contributed by atoms with Crippen molar-refractivity contribution in [2.45, 2.75) is 38.8 Å². The summed E-state index contributed by atoms with van der Waals surface area (Å²) in [4.78, 5) is 17.0. The van der Waals surface area contributed by atoms with Crippen LogP contribution in [-0.2, 0) is 4.79 Å². The number of aromatic nitrogens is 4. The monoisotopic (exact) mass is 457 g/mol. The minimum Gasteiger partial charge on any atom is -0.325 e. The number of hydrogen-bond donors (Lipinski definition) is 1. The molecule has 2 heterocycles. The van der Waals surface area contributed by atoms with Crippen LogP contribution in [0.3, 0.4) is 0 Å². The summed E-state index contributed by atoms with van der Waals surface area (Å²) in [5, 5.41) is 12.6. The summed E-state index contributed by atoms with van der Waals surface area (Å²) in [5.74, 6) is 1.16. The fourth-order valence-electron chi connectivity index (χ4n) is 3.63. The molecule has 0 aliphatic carbocycles. The summed E-state index contributed by atoms with van der Waals surface area (Å²) in [5.41, 5.74) is 6.04. The standard InChI is InChI=1S/C26H27N5OS/c1-17(2)21-9-5-6-10-23(21)31-25(20-8-7-13-27-15-20)29-30-26(31)33-16-24(32)28-22-14-18(3)11-12-19(22)4/h5-15,17H,16H2,1-4H3,(H,28,32). The van der Waals surface area contributed by atoms with Crippen molar-refractivity contribution in [3.05, 3.63) is 83.7 Å². The van der Waals surface area contributed by atoms with E-state index in [0.717, 1.165) is 28.1 Å². The molecule has 0 spiro atoms. The molecule has 168 valence electrons. The molecule has 0 saturated heterocycles. The zero-order valence-electron chi connectivity index (χ0n) is 19.2. The van der Waals surface area contributed by atoms with E-state index in [1.54, 1.807) is 12.4 Å². The normalized spacial score (nSPS) is 11.1. The van der Waals surface area contributed by atoms with Gasteiger partial charge in [-0.1, -0.05) is 55.9 Å². The molecule has 4 rings (SSSR count). The Morgan fingerprint density at radius 3 is 2.64 bits per heavy atom. The van der Waals surface area contributed by atoms with Crippen LogP contribution in [-0.4, -0.2) is 31.4 Å². The fraction of sp³-hybridized carbons (Fsp3) is 0.231. The maximum Gasteiger partial charge on any atom is 0.234 e. The van der Waals surface area contributed by atoms with Gasteiger partial charge >= 0.3 is 0 Å². The fourth-order valence-corrected chi connectivity index (χ4v) is 4.37. The lowest BCUT2D eigenvalue weighted by atomic mass is 10.0. The number of carbonyl (C=O) groups excluding carboxylic acids is 1. The molecule has 0 fully saturated rings. The summed E-state index contributed by atoms with van der Waals surface area (Å²) in [7, 11) is 0. The highest BCUT2D eigenvalue weighted by molar-refractivity contribution is 7.99. The van der Waals surface area contributed by atoms with E-state index in [1.807, 2.05) is 60.9 Å². The van der Waals surface area contributed by atoms with Crippen LogP contribution in [0.15, 0.2) is 72.1 Å². The van der Waals surface area contributed by atoms with Crippen molar-refractivity contribution >= 4 is 23.4 Å². The second-order valence-corrected chi connectivity index (χ2v) is 9.19. The maximum atomic E-state index is 12.7. The number of para-hydroxylation sites is 1. The number of anilines is 1. The van der Waals surface area contributed by atoms with Crippen LogP contribution in [0.5, 0.6) is 0 Å². The number of rotatable bonds is 7. The van der Waals surface area contributed by atoms with Gasteiger partial charge < -0.3 is 5.32 Å². The number of pyridine rings is 1. The number of amides is 1. The van der Waals surface area contributed by atoms with Crippen LogP contribution in [0, 0.1) is 13.8 Å². The Labute approximate surface area is 198 Å². The third-order valence-electron chi connectivity index (χ3n) is 5.35. The number of nitrogens with one attached hydrogen (secondary N) is 1. The zero-order valence-corrected chi connectivity index (χ0v) is 20.1. The first-order valence-electron chi connectivity index (χ1n) is 10.9. The molecule has 4 aromatic rings. The lowest BCUT2D eigenvalue weighted by molar-refractivity contribution is -0.113. The van der Waals surface area contributed by atoms with Crippen molar-refractivity contribution in [3.8, 4) is 17.1 Å². The predicted molar refractivity (Wildman–Crippen MR) is 134 cm³/mol. The van der Waals surface area contributed by atoms with E-state index in [1.165, 1.54) is 17.3 Å². The van der Waals surface area contributed by atoms with Gasteiger partial charge in [-0.25, -0.2) is 0 Å². The summed E-state index contributed by atoms with van der Waals surface area (Å²) >= 11 is 1.37. The predicted octanol–water partition coefficient (Wildman–Crippen LogP) is 5.80. The Kier molecular flexibility index (Phi) is 6.89. The summed E-state index contributed by atoms with van der Waals surface area (Å²) < 4.78 is 2.03. The number of hydrogen-bond acceptors (Lipinski definition) is 5. The van der Waals surface area contributed by atoms with Crippen LogP contribution in [0.1, 0.15) is 36.5 Å². The number of benzene rings is 2. The van der Waals surface area contributed by atoms with Crippen molar-refractivity contribution < 1.29 is 4.79 Å². The molecule has 0 bridgehead atoms. The molecule has 6 nitrogen and oxygen atoms in total. The van der Waals surface area contributed by atoms with Gasteiger partial charge in [-0.2, -0.15) is 0 Å². The van der Waals surface area contributed by atoms with Crippen molar-refractivity contribution in [1.29, 1.82) is 0 Å². The molecule has 7 heteroatoms. The van der Waals surface area contributed by atoms with Gasteiger partial charge in [-0.05, 0) is 60.7 Å². The van der Waals surface area contributed by atoms with Crippen LogP contribution < -0.4 is 5.32 Å². The second-order valence-electron chi connectivity index (χ2n) is 8.25. The molecule has 0 aliphatic rings. The molecule has 0 unspecified atom stereocenters. The SMILES string of the molecule is Cc1ccc(C)c(NC(=O)CSc2nnc(-c3cccnc3)n2-c2ccccc2C(C)C)c1. The number of aryl methyl sites for hydroxylation is 2. The van der Waals surface area contributed by atoms with Gasteiger partial charge in [0.2, 0.25) is 5.91 Å². The summed E-state index contributed by atoms with van der Waals surface area (Å²) in [6.45, 7) is 8.33. The zero-order chi connectivity index (χ0) is 23.4. The summed E-state index contributed by atoms with van der Waals surface area (Å²) in [6, 6.07) is 18.1. The highest BCUT2D eigenvalue weighted by atomic mass is 32.2. The van der Waals surface area contributed by atoms with Crippen molar-refractivity contribution in [3.63, 3.8) is 0 Å². The van der Waals surface area contributed by atoms with Crippen molar-refractivity contribution in [2.24, 2.45) is 0 Å². The minimum absolute atomic E-state index is 0.0803. The lowest BCUT2D eigenvalue weighted by Gasteiger charge is -2.17. The number of thioether (sulfide) groups is 1. The average molecular weight is 458 g/mol. The number of carbonyl (C=O) groups is 1. The van der Waals surface area contributed by atoms with E-state index in [2.05, 4.69) is 46.5 Å². The first-order chi connectivity index (χ1) is 15.9. The first kappa shape index (κ1) is 22.7. The highest BCUT2D eigenvalue weighted by Crippen LogP contribution is 2.32. The molecule has 2 aromatic heterocycles. The molecular formula is C26H27N5OS. The molecule has 1 N–H and O–H groups in total. The van der Waals surface area contributed by atoms with Crippen LogP contribution in [0.4, 0.5) is 5.69 Å². The quantitative estimate of drug-likeness (QED) is 0.355. The number of nitrogens with zero attached hydrogens (tertiary/aromatic N) is 4. The van der Waals surface area contributed by atoms with Gasteiger partial charge in [0, 0.05) is 23.6 Å². The molecule has 0 atom stereocenters. The Hall–Kier alpha value is -3.45. The highest BCUT2D eigenvalue weighted by Gasteiger charge is 2.20. The molecule has 0 saturated carbocycles. The van der Waals surface area contributed by atoms with Crippen molar-refractivity contribution in [2.75, 3.05) is 11.1 Å². The van der Waals surface area contributed by atoms with E-state index >= 15 is 0 Å². The second kappa shape index (κ2) is 10.0. The summed E-state index contributed by atoms with van der Waals surface area (Å²) in [6.07, 6.45) is 3.51. The Bertz CT molecular complexity index is 1270. The van der Waals surface area contributed by atoms with E-state index in [0.29, 0.717) is 16.9 Å². The smallest absolute Gasteiger partial charge is 0.234 e. The maximum absolute atomic E-state index is 12.7. The molecule has 0 radical (unpaired) electrons. The Morgan fingerprint density at radius 2 is 1.88 bits per heavy atom. The topological polar surface area (TPSA) is 72.7 Å². The van der Waals surface area contributed by atoms with E-state index in [4.69, 9.17) is 0 Å². The largest absolute Gasteiger partial charge is 0.325 e. The lowest BCUT2D eigenvalue weighted by Crippen LogP contribution is -2.15. The van der Waals surface area contributed by atoms with Crippen molar-refractivity contribution in [1.82, 2.24) is 19.7 Å². The minimum atomic E-state index is -0.0803. The van der Waals surface area contributed by atoms with Gasteiger partial charge in [0.25, 0.3) is 0 Å². The third-order valence-corrected chi connectivity index (χ3v) is 6.28. The third kappa shape index (κ3) is 5.14. The van der Waals surface area contributed by atoms with Crippen LogP contribution >= 0.6 is 11.8 Å². The van der Waals surface area contributed by atoms with E-state index in [-0.39, 0.29) is 11.7 Å². The Morgan fingerprint density at radius 1 is 1.06 bits per heavy atom. The van der Waals surface area contributed by atoms with Gasteiger partial charge in [0.1, 0.15) is 0 Å². The van der Waals surface area contributed by atoms with Gasteiger partial charge in [-0.15, -0.1) is 10.2 Å². The van der Waals surface area contributed by atoms with E-state index < -0.39 is 0 Å². The Balaban J connectivity index is 1.66. The van der Waals surface area contributed by atoms with Crippen LogP contribution in [0.25, 0.3) is 17.1 Å². The first-order valence-corrected chi connectivity index (χ1v) is 11.9. The molecular weight excluding hydrogens is 430 g/mol. The molecule has 33 heavy (non-hydrogen) atoms. The average Bonchev–Trinajstić information content (AvgIpc) is 3.24. The molecule has 0 aliphatic heterocycles. The van der Waals surface area contributed by atoms with Crippen LogP contribution in [0.2, 0.25) is 0 Å². The molecule has 2 aromatic carbocycles. The van der Waals surface area contributed by atoms with E-state index in [9.17, 15) is 4.79 Å².